The lowest BCUT2D eigenvalue weighted by Gasteiger charge is -2.17. The first kappa shape index (κ1) is 25.2. The van der Waals surface area contributed by atoms with Gasteiger partial charge < -0.3 is 20.0 Å². The van der Waals surface area contributed by atoms with Crippen molar-refractivity contribution in [1.82, 2.24) is 15.6 Å². The molecule has 8 heteroatoms. The molecule has 0 saturated heterocycles. The van der Waals surface area contributed by atoms with E-state index in [9.17, 15) is 4.79 Å². The number of anilines is 1. The fourth-order valence-corrected chi connectivity index (χ4v) is 3.40. The third kappa shape index (κ3) is 6.95. The first-order chi connectivity index (χ1) is 14.4. The van der Waals surface area contributed by atoms with Crippen LogP contribution in [0, 0.1) is 0 Å². The van der Waals surface area contributed by atoms with Crippen molar-refractivity contribution >= 4 is 41.5 Å². The Hall–Kier alpha value is -2.10. The average Bonchev–Trinajstić information content (AvgIpc) is 3.36. The Morgan fingerprint density at radius 2 is 2.03 bits per heavy atom. The normalized spacial score (nSPS) is 13.5. The topological polar surface area (TPSA) is 82.8 Å². The van der Waals surface area contributed by atoms with Crippen molar-refractivity contribution in [2.75, 3.05) is 24.5 Å². The van der Waals surface area contributed by atoms with Crippen molar-refractivity contribution in [3.05, 3.63) is 47.7 Å². The number of fused-ring (bicyclic) bond motifs is 1. The zero-order valence-corrected chi connectivity index (χ0v) is 21.2. The van der Waals surface area contributed by atoms with Gasteiger partial charge in [0.2, 0.25) is 11.8 Å². The number of benzene rings is 1. The van der Waals surface area contributed by atoms with E-state index in [1.54, 1.807) is 6.20 Å². The molecule has 1 aromatic heterocycles. The van der Waals surface area contributed by atoms with Crippen molar-refractivity contribution in [2.45, 2.75) is 58.9 Å². The number of hydrogen-bond acceptors (Lipinski definition) is 4. The summed E-state index contributed by atoms with van der Waals surface area (Å²) in [5.41, 5.74) is 2.25. The molecule has 0 spiro atoms. The van der Waals surface area contributed by atoms with E-state index >= 15 is 0 Å². The Labute approximate surface area is 202 Å². The van der Waals surface area contributed by atoms with Crippen LogP contribution >= 0.6 is 24.0 Å². The second-order valence-corrected chi connectivity index (χ2v) is 8.52. The number of oxazole rings is 1. The number of halogens is 1. The van der Waals surface area contributed by atoms with Gasteiger partial charge in [-0.15, -0.1) is 24.0 Å². The molecule has 0 unspecified atom stereocenters. The van der Waals surface area contributed by atoms with Crippen LogP contribution < -0.4 is 15.5 Å². The molecule has 0 atom stereocenters. The molecular formula is C23H34IN5O2. The van der Waals surface area contributed by atoms with E-state index in [-0.39, 0.29) is 35.3 Å². The molecule has 0 aliphatic carbocycles. The second-order valence-electron chi connectivity index (χ2n) is 8.52. The Morgan fingerprint density at radius 1 is 1.26 bits per heavy atom. The van der Waals surface area contributed by atoms with E-state index in [1.165, 1.54) is 5.56 Å². The van der Waals surface area contributed by atoms with Gasteiger partial charge in [0.1, 0.15) is 12.3 Å². The van der Waals surface area contributed by atoms with Crippen LogP contribution in [0.3, 0.4) is 0 Å². The van der Waals surface area contributed by atoms with Gasteiger partial charge in [-0.25, -0.2) is 9.98 Å². The Bertz CT molecular complexity index is 888. The predicted octanol–water partition coefficient (Wildman–Crippen LogP) is 4.01. The number of rotatable bonds is 7. The van der Waals surface area contributed by atoms with E-state index in [0.29, 0.717) is 31.4 Å². The first-order valence-electron chi connectivity index (χ1n) is 10.7. The lowest BCUT2D eigenvalue weighted by atomic mass is 9.94. The standard InChI is InChI=1S/C23H33N5O2.HI/c1-5-24-22(27-16-20-26-15-19(30-20)23(2,3)4)25-13-8-11-21(29)28-14-12-17-9-6-7-10-18(17)28;/h6-7,9-10,15H,5,8,11-14,16H2,1-4H3,(H2,24,25,27);1H. The molecule has 0 bridgehead atoms. The molecule has 3 rings (SSSR count). The minimum atomic E-state index is -0.0693. The lowest BCUT2D eigenvalue weighted by Crippen LogP contribution is -2.38. The largest absolute Gasteiger partial charge is 0.443 e. The third-order valence-electron chi connectivity index (χ3n) is 5.06. The Kier molecular flexibility index (Phi) is 9.33. The lowest BCUT2D eigenvalue weighted by molar-refractivity contribution is -0.118. The molecule has 1 aromatic carbocycles. The zero-order chi connectivity index (χ0) is 21.6. The van der Waals surface area contributed by atoms with Crippen molar-refractivity contribution in [3.8, 4) is 0 Å². The van der Waals surface area contributed by atoms with Crippen LogP contribution in [-0.4, -0.2) is 36.5 Å². The van der Waals surface area contributed by atoms with E-state index < -0.39 is 0 Å². The van der Waals surface area contributed by atoms with Gasteiger partial charge in [-0.3, -0.25) is 4.79 Å². The molecule has 2 heterocycles. The quantitative estimate of drug-likeness (QED) is 0.241. The molecule has 0 fully saturated rings. The molecule has 2 aromatic rings. The van der Waals surface area contributed by atoms with Gasteiger partial charge in [0, 0.05) is 37.2 Å². The summed E-state index contributed by atoms with van der Waals surface area (Å²) in [6.45, 7) is 10.9. The average molecular weight is 539 g/mol. The van der Waals surface area contributed by atoms with Gasteiger partial charge >= 0.3 is 0 Å². The summed E-state index contributed by atoms with van der Waals surface area (Å²) >= 11 is 0. The number of nitrogens with one attached hydrogen (secondary N) is 2. The fraction of sp³-hybridized carbons (Fsp3) is 0.522. The van der Waals surface area contributed by atoms with Crippen molar-refractivity contribution in [1.29, 1.82) is 0 Å². The second kappa shape index (κ2) is 11.5. The number of amides is 1. The highest BCUT2D eigenvalue weighted by atomic mass is 127. The SMILES string of the molecule is CCNC(=NCc1ncc(C(C)(C)C)o1)NCCCC(=O)N1CCc2ccccc21.I. The van der Waals surface area contributed by atoms with Crippen LogP contribution in [0.4, 0.5) is 5.69 Å². The highest BCUT2D eigenvalue weighted by Gasteiger charge is 2.23. The molecule has 7 nitrogen and oxygen atoms in total. The maximum absolute atomic E-state index is 12.6. The summed E-state index contributed by atoms with van der Waals surface area (Å²) in [4.78, 5) is 23.4. The van der Waals surface area contributed by atoms with Crippen LogP contribution in [0.5, 0.6) is 0 Å². The summed E-state index contributed by atoms with van der Waals surface area (Å²) in [5, 5.41) is 6.51. The molecule has 2 N–H and O–H groups in total. The predicted molar refractivity (Wildman–Crippen MR) is 135 cm³/mol. The summed E-state index contributed by atoms with van der Waals surface area (Å²) < 4.78 is 5.80. The highest BCUT2D eigenvalue weighted by molar-refractivity contribution is 14.0. The third-order valence-corrected chi connectivity index (χ3v) is 5.06. The summed E-state index contributed by atoms with van der Waals surface area (Å²) in [6, 6.07) is 8.15. The smallest absolute Gasteiger partial charge is 0.227 e. The molecule has 0 saturated carbocycles. The number of carbonyl (C=O) groups is 1. The van der Waals surface area contributed by atoms with Crippen LogP contribution in [-0.2, 0) is 23.2 Å². The van der Waals surface area contributed by atoms with Crippen LogP contribution in [0.25, 0.3) is 0 Å². The van der Waals surface area contributed by atoms with E-state index in [1.807, 2.05) is 30.0 Å². The summed E-state index contributed by atoms with van der Waals surface area (Å²) in [6.07, 6.45) is 3.97. The number of carbonyl (C=O) groups excluding carboxylic acids is 1. The minimum absolute atomic E-state index is 0. The number of aromatic nitrogens is 1. The number of guanidine groups is 1. The Balaban J connectivity index is 0.00000341. The highest BCUT2D eigenvalue weighted by Crippen LogP contribution is 2.28. The number of para-hydroxylation sites is 1. The molecule has 1 aliphatic rings. The molecular weight excluding hydrogens is 505 g/mol. The zero-order valence-electron chi connectivity index (χ0n) is 18.9. The van der Waals surface area contributed by atoms with Crippen LogP contribution in [0.15, 0.2) is 39.9 Å². The van der Waals surface area contributed by atoms with Crippen molar-refractivity contribution < 1.29 is 9.21 Å². The van der Waals surface area contributed by atoms with Crippen molar-refractivity contribution in [3.63, 3.8) is 0 Å². The van der Waals surface area contributed by atoms with E-state index in [0.717, 1.165) is 37.4 Å². The number of aliphatic imine (C=N–C) groups is 1. The van der Waals surface area contributed by atoms with Crippen LogP contribution in [0.2, 0.25) is 0 Å². The van der Waals surface area contributed by atoms with E-state index in [2.05, 4.69) is 47.4 Å². The van der Waals surface area contributed by atoms with Crippen LogP contribution in [0.1, 0.15) is 57.8 Å². The summed E-state index contributed by atoms with van der Waals surface area (Å²) in [5.74, 6) is 2.33. The summed E-state index contributed by atoms with van der Waals surface area (Å²) in [7, 11) is 0. The van der Waals surface area contributed by atoms with Gasteiger partial charge in [0.25, 0.3) is 0 Å². The number of hydrogen-bond donors (Lipinski definition) is 2. The molecule has 1 amide bonds. The van der Waals surface area contributed by atoms with Gasteiger partial charge in [-0.05, 0) is 31.4 Å². The fourth-order valence-electron chi connectivity index (χ4n) is 3.40. The van der Waals surface area contributed by atoms with Gasteiger partial charge in [-0.2, -0.15) is 0 Å². The van der Waals surface area contributed by atoms with Gasteiger partial charge in [0.15, 0.2) is 5.96 Å². The molecule has 170 valence electrons. The maximum atomic E-state index is 12.6. The van der Waals surface area contributed by atoms with E-state index in [4.69, 9.17) is 4.42 Å². The van der Waals surface area contributed by atoms with Gasteiger partial charge in [0.05, 0.1) is 6.20 Å². The van der Waals surface area contributed by atoms with Crippen molar-refractivity contribution in [2.24, 2.45) is 4.99 Å². The molecule has 31 heavy (non-hydrogen) atoms. The Morgan fingerprint density at radius 3 is 2.74 bits per heavy atom. The molecule has 1 aliphatic heterocycles. The van der Waals surface area contributed by atoms with Gasteiger partial charge in [-0.1, -0.05) is 39.0 Å². The first-order valence-corrected chi connectivity index (χ1v) is 10.7. The monoisotopic (exact) mass is 539 g/mol. The maximum Gasteiger partial charge on any atom is 0.227 e. The minimum Gasteiger partial charge on any atom is -0.443 e. The molecule has 0 radical (unpaired) electrons. The number of nitrogens with zero attached hydrogens (tertiary/aromatic N) is 3.